The van der Waals surface area contributed by atoms with Crippen LogP contribution >= 0.6 is 0 Å². The SMILES string of the molecule is CS(=O)(=O)Nc1ccc2c(c1)C(O)C1=C(C=C2)NCC(N2CCn3c(nnc3C(F)(F)F)C2)=C1. The monoisotopic (exact) mass is 494 g/mol. The van der Waals surface area contributed by atoms with Gasteiger partial charge >= 0.3 is 6.18 Å². The average Bonchev–Trinajstić information content (AvgIpc) is 3.15. The molecule has 0 spiro atoms. The van der Waals surface area contributed by atoms with Crippen molar-refractivity contribution in [2.24, 2.45) is 0 Å². The van der Waals surface area contributed by atoms with E-state index in [9.17, 15) is 26.7 Å². The molecule has 5 rings (SSSR count). The lowest BCUT2D eigenvalue weighted by Crippen LogP contribution is -2.39. The third kappa shape index (κ3) is 4.16. The van der Waals surface area contributed by atoms with Gasteiger partial charge in [-0.15, -0.1) is 10.2 Å². The van der Waals surface area contributed by atoms with Crippen LogP contribution in [-0.4, -0.2) is 52.5 Å². The van der Waals surface area contributed by atoms with Gasteiger partial charge in [0.15, 0.2) is 5.82 Å². The van der Waals surface area contributed by atoms with E-state index in [0.29, 0.717) is 35.6 Å². The fraction of sp³-hybridized carbons (Fsp3) is 0.333. The van der Waals surface area contributed by atoms with E-state index in [0.717, 1.165) is 22.1 Å². The van der Waals surface area contributed by atoms with Gasteiger partial charge in [-0.25, -0.2) is 8.42 Å². The number of halogens is 3. The fourth-order valence-corrected chi connectivity index (χ4v) is 4.93. The first-order chi connectivity index (χ1) is 16.0. The third-order valence-corrected chi connectivity index (χ3v) is 6.52. The van der Waals surface area contributed by atoms with E-state index in [2.05, 4.69) is 20.2 Å². The maximum Gasteiger partial charge on any atom is 0.451 e. The molecule has 3 N–H and O–H groups in total. The highest BCUT2D eigenvalue weighted by Gasteiger charge is 2.39. The fourth-order valence-electron chi connectivity index (χ4n) is 4.37. The second kappa shape index (κ2) is 7.87. The molecule has 0 saturated heterocycles. The summed E-state index contributed by atoms with van der Waals surface area (Å²) >= 11 is 0. The van der Waals surface area contributed by atoms with E-state index >= 15 is 0 Å². The molecule has 0 amide bonds. The number of allylic oxidation sites excluding steroid dienone is 1. The molecule has 0 saturated carbocycles. The molecule has 0 radical (unpaired) electrons. The smallest absolute Gasteiger partial charge is 0.384 e. The van der Waals surface area contributed by atoms with Crippen LogP contribution in [-0.2, 0) is 29.3 Å². The standard InChI is InChI=1S/C21H21F3N6O3S/c1-34(32,33)28-13-4-2-12-3-5-17-16(19(31)15(12)8-13)9-14(10-25-17)29-6-7-30-18(11-29)26-27-20(30)21(22,23)24/h2-5,8-9,19,25,28,31H,6-7,10-11H2,1H3. The van der Waals surface area contributed by atoms with Gasteiger partial charge in [-0.2, -0.15) is 13.2 Å². The molecular weight excluding hydrogens is 473 g/mol. The van der Waals surface area contributed by atoms with Crippen LogP contribution in [0.1, 0.15) is 28.9 Å². The Morgan fingerprint density at radius 2 is 2.00 bits per heavy atom. The average molecular weight is 494 g/mol. The Morgan fingerprint density at radius 1 is 1.21 bits per heavy atom. The zero-order valence-electron chi connectivity index (χ0n) is 18.0. The number of benzene rings is 1. The van der Waals surface area contributed by atoms with Crippen molar-refractivity contribution in [1.29, 1.82) is 0 Å². The lowest BCUT2D eigenvalue weighted by Gasteiger charge is -2.34. The largest absolute Gasteiger partial charge is 0.451 e. The first-order valence-electron chi connectivity index (χ1n) is 10.4. The molecule has 1 atom stereocenters. The van der Waals surface area contributed by atoms with Crippen molar-refractivity contribution in [2.75, 3.05) is 24.1 Å². The van der Waals surface area contributed by atoms with Crippen LogP contribution in [0.15, 0.2) is 47.3 Å². The number of aliphatic hydroxyl groups is 1. The summed E-state index contributed by atoms with van der Waals surface area (Å²) in [5.74, 6) is -0.773. The van der Waals surface area contributed by atoms with Gasteiger partial charge in [-0.3, -0.25) is 4.72 Å². The molecule has 1 aliphatic carbocycles. The van der Waals surface area contributed by atoms with Crippen molar-refractivity contribution in [3.05, 3.63) is 70.1 Å². The van der Waals surface area contributed by atoms with Gasteiger partial charge in [0.25, 0.3) is 0 Å². The van der Waals surface area contributed by atoms with E-state index in [1.54, 1.807) is 18.2 Å². The maximum absolute atomic E-state index is 13.1. The summed E-state index contributed by atoms with van der Waals surface area (Å²) in [5.41, 5.74) is 3.69. The van der Waals surface area contributed by atoms with Crippen LogP contribution < -0.4 is 10.0 Å². The van der Waals surface area contributed by atoms with Crippen molar-refractivity contribution in [1.82, 2.24) is 25.0 Å². The minimum Gasteiger partial charge on any atom is -0.384 e. The molecule has 3 heterocycles. The molecule has 180 valence electrons. The van der Waals surface area contributed by atoms with E-state index in [-0.39, 0.29) is 18.9 Å². The molecule has 0 fully saturated rings. The van der Waals surface area contributed by atoms with Crippen LogP contribution in [0.3, 0.4) is 0 Å². The molecule has 13 heteroatoms. The second-order valence-electron chi connectivity index (χ2n) is 8.32. The number of nitrogens with zero attached hydrogens (tertiary/aromatic N) is 4. The van der Waals surface area contributed by atoms with Crippen LogP contribution in [0.5, 0.6) is 0 Å². The summed E-state index contributed by atoms with van der Waals surface area (Å²) < 4.78 is 66.1. The van der Waals surface area contributed by atoms with Gasteiger partial charge < -0.3 is 19.9 Å². The summed E-state index contributed by atoms with van der Waals surface area (Å²) in [5, 5.41) is 21.5. The summed E-state index contributed by atoms with van der Waals surface area (Å²) in [6.45, 7) is 0.999. The Hall–Kier alpha value is -3.32. The Labute approximate surface area is 193 Å². The van der Waals surface area contributed by atoms with Crippen molar-refractivity contribution in [3.63, 3.8) is 0 Å². The summed E-state index contributed by atoms with van der Waals surface area (Å²) in [6, 6.07) is 4.93. The Morgan fingerprint density at radius 3 is 2.74 bits per heavy atom. The van der Waals surface area contributed by atoms with Crippen LogP contribution in [0, 0.1) is 0 Å². The molecule has 1 aromatic carbocycles. The number of aromatic nitrogens is 3. The lowest BCUT2D eigenvalue weighted by molar-refractivity contribution is -0.147. The van der Waals surface area contributed by atoms with E-state index in [1.165, 1.54) is 0 Å². The highest BCUT2D eigenvalue weighted by molar-refractivity contribution is 7.92. The highest BCUT2D eigenvalue weighted by Crippen LogP contribution is 2.36. The van der Waals surface area contributed by atoms with Crippen LogP contribution in [0.4, 0.5) is 18.9 Å². The van der Waals surface area contributed by atoms with E-state index < -0.39 is 28.1 Å². The Kier molecular flexibility index (Phi) is 5.20. The van der Waals surface area contributed by atoms with Gasteiger partial charge in [0.2, 0.25) is 15.8 Å². The lowest BCUT2D eigenvalue weighted by atomic mass is 9.95. The number of hydrogen-bond acceptors (Lipinski definition) is 7. The number of hydrogen-bond donors (Lipinski definition) is 3. The van der Waals surface area contributed by atoms with Gasteiger partial charge in [0.05, 0.1) is 19.3 Å². The number of rotatable bonds is 3. The molecule has 3 aliphatic rings. The topological polar surface area (TPSA) is 112 Å². The van der Waals surface area contributed by atoms with E-state index in [4.69, 9.17) is 0 Å². The minimum atomic E-state index is -4.56. The zero-order valence-corrected chi connectivity index (χ0v) is 18.8. The molecule has 1 unspecified atom stereocenters. The number of anilines is 1. The summed E-state index contributed by atoms with van der Waals surface area (Å²) in [7, 11) is -3.48. The molecular formula is C21H21F3N6O3S. The number of alkyl halides is 3. The van der Waals surface area contributed by atoms with Crippen LogP contribution in [0.2, 0.25) is 0 Å². The molecule has 0 bridgehead atoms. The molecule has 34 heavy (non-hydrogen) atoms. The minimum absolute atomic E-state index is 0.0895. The number of aliphatic hydroxyl groups excluding tert-OH is 1. The first kappa shape index (κ1) is 22.5. The van der Waals surface area contributed by atoms with Crippen molar-refractivity contribution in [2.45, 2.75) is 25.4 Å². The van der Waals surface area contributed by atoms with Crippen molar-refractivity contribution < 1.29 is 26.7 Å². The number of nitrogens with one attached hydrogen (secondary N) is 2. The molecule has 2 aliphatic heterocycles. The van der Waals surface area contributed by atoms with Gasteiger partial charge in [0, 0.05) is 35.7 Å². The van der Waals surface area contributed by atoms with Gasteiger partial charge in [0.1, 0.15) is 6.10 Å². The first-order valence-corrected chi connectivity index (χ1v) is 12.3. The number of sulfonamides is 1. The zero-order chi connectivity index (χ0) is 24.3. The molecule has 2 aromatic rings. The summed E-state index contributed by atoms with van der Waals surface area (Å²) in [6.07, 6.45) is 0.932. The number of fused-ring (bicyclic) bond motifs is 2. The highest BCUT2D eigenvalue weighted by atomic mass is 32.2. The van der Waals surface area contributed by atoms with Gasteiger partial charge in [-0.1, -0.05) is 12.1 Å². The van der Waals surface area contributed by atoms with Crippen molar-refractivity contribution >= 4 is 21.8 Å². The molecule has 1 aromatic heterocycles. The van der Waals surface area contributed by atoms with Gasteiger partial charge in [-0.05, 0) is 35.4 Å². The van der Waals surface area contributed by atoms with E-state index in [1.807, 2.05) is 23.1 Å². The predicted molar refractivity (Wildman–Crippen MR) is 117 cm³/mol. The van der Waals surface area contributed by atoms with Crippen molar-refractivity contribution in [3.8, 4) is 0 Å². The third-order valence-electron chi connectivity index (χ3n) is 5.91. The maximum atomic E-state index is 13.1. The molecule has 9 nitrogen and oxygen atoms in total. The Bertz CT molecular complexity index is 1360. The summed E-state index contributed by atoms with van der Waals surface area (Å²) in [4.78, 5) is 1.91. The Balaban J connectivity index is 1.43. The quantitative estimate of drug-likeness (QED) is 0.598. The number of dihydropyridines is 1. The van der Waals surface area contributed by atoms with Crippen LogP contribution in [0.25, 0.3) is 6.08 Å². The normalized spacial score (nSPS) is 20.1. The second-order valence-corrected chi connectivity index (χ2v) is 10.1. The predicted octanol–water partition coefficient (Wildman–Crippen LogP) is 1.99.